The van der Waals surface area contributed by atoms with E-state index in [9.17, 15) is 4.79 Å². The number of benzene rings is 1. The van der Waals surface area contributed by atoms with Gasteiger partial charge in [0.1, 0.15) is 0 Å². The van der Waals surface area contributed by atoms with Crippen LogP contribution in [0.4, 0.5) is 0 Å². The monoisotopic (exact) mass is 193 g/mol. The van der Waals surface area contributed by atoms with E-state index in [4.69, 9.17) is 5.11 Å². The number of aliphatic hydroxyl groups is 1. The third-order valence-electron chi connectivity index (χ3n) is 1.92. The van der Waals surface area contributed by atoms with Crippen molar-refractivity contribution in [3.8, 4) is 0 Å². The van der Waals surface area contributed by atoms with Crippen molar-refractivity contribution in [2.24, 2.45) is 0 Å². The van der Waals surface area contributed by atoms with Crippen LogP contribution in [-0.4, -0.2) is 24.2 Å². The summed E-state index contributed by atoms with van der Waals surface area (Å²) >= 11 is 0. The van der Waals surface area contributed by atoms with Crippen molar-refractivity contribution in [1.82, 2.24) is 5.32 Å². The van der Waals surface area contributed by atoms with Crippen LogP contribution in [0, 0.1) is 6.92 Å². The second kappa shape index (κ2) is 5.40. The number of carbonyl (C=O) groups excluding carboxylic acids is 1. The molecule has 0 atom stereocenters. The fraction of sp³-hybridized carbons (Fsp3) is 0.364. The number of hydrogen-bond acceptors (Lipinski definition) is 2. The largest absolute Gasteiger partial charge is 0.395 e. The molecule has 0 unspecified atom stereocenters. The normalized spacial score (nSPS) is 9.86. The van der Waals surface area contributed by atoms with E-state index >= 15 is 0 Å². The molecule has 1 rings (SSSR count). The predicted octanol–water partition coefficient (Wildman–Crippen LogP) is 0.646. The van der Waals surface area contributed by atoms with Crippen LogP contribution in [0.15, 0.2) is 24.3 Å². The molecule has 0 aliphatic rings. The quantitative estimate of drug-likeness (QED) is 0.737. The molecule has 1 amide bonds. The van der Waals surface area contributed by atoms with Crippen LogP contribution >= 0.6 is 0 Å². The van der Waals surface area contributed by atoms with Crippen molar-refractivity contribution in [2.75, 3.05) is 13.2 Å². The molecule has 3 nitrogen and oxygen atoms in total. The van der Waals surface area contributed by atoms with Crippen LogP contribution in [-0.2, 0) is 11.2 Å². The van der Waals surface area contributed by atoms with Crippen LogP contribution in [0.25, 0.3) is 0 Å². The van der Waals surface area contributed by atoms with Gasteiger partial charge in [-0.2, -0.15) is 0 Å². The number of rotatable bonds is 4. The maximum absolute atomic E-state index is 11.2. The van der Waals surface area contributed by atoms with Crippen molar-refractivity contribution >= 4 is 5.91 Å². The van der Waals surface area contributed by atoms with Gasteiger partial charge in [-0.05, 0) is 12.5 Å². The van der Waals surface area contributed by atoms with Gasteiger partial charge in [-0.25, -0.2) is 0 Å². The first-order valence-corrected chi connectivity index (χ1v) is 4.65. The summed E-state index contributed by atoms with van der Waals surface area (Å²) in [7, 11) is 0. The van der Waals surface area contributed by atoms with E-state index in [1.165, 1.54) is 5.56 Å². The Morgan fingerprint density at radius 3 is 2.57 bits per heavy atom. The fourth-order valence-electron chi connectivity index (χ4n) is 1.15. The lowest BCUT2D eigenvalue weighted by Crippen LogP contribution is -2.27. The summed E-state index contributed by atoms with van der Waals surface area (Å²) in [5.74, 6) is -0.0529. The molecule has 0 saturated carbocycles. The number of nitrogens with one attached hydrogen (secondary N) is 1. The van der Waals surface area contributed by atoms with E-state index in [-0.39, 0.29) is 12.5 Å². The van der Waals surface area contributed by atoms with Crippen LogP contribution < -0.4 is 5.32 Å². The van der Waals surface area contributed by atoms with E-state index in [2.05, 4.69) is 5.32 Å². The van der Waals surface area contributed by atoms with Gasteiger partial charge >= 0.3 is 0 Å². The molecule has 0 saturated heterocycles. The SMILES string of the molecule is Cc1ccc(CC(=O)NCCO)cc1. The minimum atomic E-state index is -0.0529. The molecule has 0 spiro atoms. The summed E-state index contributed by atoms with van der Waals surface area (Å²) < 4.78 is 0. The summed E-state index contributed by atoms with van der Waals surface area (Å²) in [6.45, 7) is 2.32. The molecule has 0 heterocycles. The average molecular weight is 193 g/mol. The molecule has 2 N–H and O–H groups in total. The molecule has 1 aromatic carbocycles. The highest BCUT2D eigenvalue weighted by molar-refractivity contribution is 5.78. The molecular formula is C11H15NO2. The molecular weight excluding hydrogens is 178 g/mol. The van der Waals surface area contributed by atoms with Gasteiger partial charge in [0.25, 0.3) is 0 Å². The fourth-order valence-corrected chi connectivity index (χ4v) is 1.15. The van der Waals surface area contributed by atoms with Crippen LogP contribution in [0.5, 0.6) is 0 Å². The summed E-state index contributed by atoms with van der Waals surface area (Å²) in [4.78, 5) is 11.2. The lowest BCUT2D eigenvalue weighted by molar-refractivity contribution is -0.120. The number of aryl methyl sites for hydroxylation is 1. The van der Waals surface area contributed by atoms with Gasteiger partial charge < -0.3 is 10.4 Å². The molecule has 3 heteroatoms. The average Bonchev–Trinajstić information content (AvgIpc) is 2.18. The maximum atomic E-state index is 11.2. The molecule has 0 fully saturated rings. The van der Waals surface area contributed by atoms with Gasteiger partial charge in [0.05, 0.1) is 13.0 Å². The lowest BCUT2D eigenvalue weighted by Gasteiger charge is -2.03. The van der Waals surface area contributed by atoms with E-state index < -0.39 is 0 Å². The molecule has 14 heavy (non-hydrogen) atoms. The zero-order valence-corrected chi connectivity index (χ0v) is 8.29. The van der Waals surface area contributed by atoms with E-state index in [1.54, 1.807) is 0 Å². The molecule has 0 aliphatic heterocycles. The Bertz CT molecular complexity index is 293. The Balaban J connectivity index is 2.44. The highest BCUT2D eigenvalue weighted by Crippen LogP contribution is 2.03. The van der Waals surface area contributed by atoms with Gasteiger partial charge in [-0.3, -0.25) is 4.79 Å². The molecule has 1 aromatic rings. The molecule has 76 valence electrons. The van der Waals surface area contributed by atoms with Crippen molar-refractivity contribution in [1.29, 1.82) is 0 Å². The Kier molecular flexibility index (Phi) is 4.13. The number of hydrogen-bond donors (Lipinski definition) is 2. The number of carbonyl (C=O) groups is 1. The first-order valence-electron chi connectivity index (χ1n) is 4.65. The van der Waals surface area contributed by atoms with Gasteiger partial charge in [-0.1, -0.05) is 29.8 Å². The van der Waals surface area contributed by atoms with Crippen molar-refractivity contribution in [3.63, 3.8) is 0 Å². The van der Waals surface area contributed by atoms with E-state index in [0.29, 0.717) is 13.0 Å². The van der Waals surface area contributed by atoms with Crippen LogP contribution in [0.2, 0.25) is 0 Å². The van der Waals surface area contributed by atoms with Crippen LogP contribution in [0.3, 0.4) is 0 Å². The third kappa shape index (κ3) is 3.58. The second-order valence-electron chi connectivity index (χ2n) is 3.24. The van der Waals surface area contributed by atoms with Gasteiger partial charge in [0.2, 0.25) is 5.91 Å². The van der Waals surface area contributed by atoms with Gasteiger partial charge in [0.15, 0.2) is 0 Å². The first-order chi connectivity index (χ1) is 6.72. The Hall–Kier alpha value is -1.35. The number of amides is 1. The van der Waals surface area contributed by atoms with Crippen molar-refractivity contribution < 1.29 is 9.90 Å². The lowest BCUT2D eigenvalue weighted by atomic mass is 10.1. The molecule has 0 aromatic heterocycles. The third-order valence-corrected chi connectivity index (χ3v) is 1.92. The zero-order chi connectivity index (χ0) is 10.4. The van der Waals surface area contributed by atoms with Crippen molar-refractivity contribution in [2.45, 2.75) is 13.3 Å². The van der Waals surface area contributed by atoms with Crippen molar-refractivity contribution in [3.05, 3.63) is 35.4 Å². The Morgan fingerprint density at radius 2 is 2.00 bits per heavy atom. The number of aliphatic hydroxyl groups excluding tert-OH is 1. The Morgan fingerprint density at radius 1 is 1.36 bits per heavy atom. The maximum Gasteiger partial charge on any atom is 0.224 e. The second-order valence-corrected chi connectivity index (χ2v) is 3.24. The van der Waals surface area contributed by atoms with Crippen LogP contribution in [0.1, 0.15) is 11.1 Å². The standard InChI is InChI=1S/C11H15NO2/c1-9-2-4-10(5-3-9)8-11(14)12-6-7-13/h2-5,13H,6-8H2,1H3,(H,12,14). The van der Waals surface area contributed by atoms with Gasteiger partial charge in [0, 0.05) is 6.54 Å². The van der Waals surface area contributed by atoms with E-state index in [1.807, 2.05) is 31.2 Å². The first kappa shape index (κ1) is 10.7. The molecule has 0 bridgehead atoms. The topological polar surface area (TPSA) is 49.3 Å². The highest BCUT2D eigenvalue weighted by Gasteiger charge is 2.01. The summed E-state index contributed by atoms with van der Waals surface area (Å²) in [5, 5.41) is 11.1. The highest BCUT2D eigenvalue weighted by atomic mass is 16.3. The predicted molar refractivity (Wildman–Crippen MR) is 55.0 cm³/mol. The minimum Gasteiger partial charge on any atom is -0.395 e. The molecule has 0 aliphatic carbocycles. The minimum absolute atomic E-state index is 0.0142. The molecule has 0 radical (unpaired) electrons. The summed E-state index contributed by atoms with van der Waals surface area (Å²) in [6.07, 6.45) is 0.375. The smallest absolute Gasteiger partial charge is 0.224 e. The van der Waals surface area contributed by atoms with E-state index in [0.717, 1.165) is 5.56 Å². The zero-order valence-electron chi connectivity index (χ0n) is 8.29. The summed E-state index contributed by atoms with van der Waals surface area (Å²) in [5.41, 5.74) is 2.18. The Labute approximate surface area is 83.8 Å². The van der Waals surface area contributed by atoms with Gasteiger partial charge in [-0.15, -0.1) is 0 Å². The summed E-state index contributed by atoms with van der Waals surface area (Å²) in [6, 6.07) is 7.84.